The van der Waals surface area contributed by atoms with E-state index in [2.05, 4.69) is 36.2 Å². The molecule has 0 aliphatic heterocycles. The fourth-order valence-electron chi connectivity index (χ4n) is 1.79. The van der Waals surface area contributed by atoms with Crippen LogP contribution in [0.3, 0.4) is 0 Å². The Labute approximate surface area is 134 Å². The van der Waals surface area contributed by atoms with Crippen LogP contribution < -0.4 is 0 Å². The summed E-state index contributed by atoms with van der Waals surface area (Å²) < 4.78 is 3.00. The monoisotopic (exact) mass is 359 g/mol. The number of nitrogens with zero attached hydrogens (tertiary/aromatic N) is 4. The van der Waals surface area contributed by atoms with Gasteiger partial charge in [-0.15, -0.1) is 0 Å². The minimum atomic E-state index is 0.431. The van der Waals surface area contributed by atoms with Gasteiger partial charge in [-0.1, -0.05) is 28.1 Å². The van der Waals surface area contributed by atoms with Crippen LogP contribution in [-0.4, -0.2) is 26.1 Å². The smallest absolute Gasteiger partial charge is 0.216 e. The van der Waals surface area contributed by atoms with Crippen LogP contribution in [0.4, 0.5) is 0 Å². The van der Waals surface area contributed by atoms with Crippen LogP contribution >= 0.6 is 28.1 Å². The van der Waals surface area contributed by atoms with Gasteiger partial charge in [-0.25, -0.2) is 5.10 Å². The molecule has 0 fully saturated rings. The Kier molecular flexibility index (Phi) is 4.03. The van der Waals surface area contributed by atoms with Crippen LogP contribution in [0.1, 0.15) is 5.56 Å². The number of hydrogen-bond acceptors (Lipinski definition) is 4. The van der Waals surface area contributed by atoms with Crippen molar-refractivity contribution in [1.82, 2.24) is 19.9 Å². The third kappa shape index (κ3) is 3.14. The first-order valence-corrected chi connectivity index (χ1v) is 7.32. The first kappa shape index (κ1) is 13.8. The van der Waals surface area contributed by atoms with Crippen LogP contribution in [0.25, 0.3) is 11.4 Å². The summed E-state index contributed by atoms with van der Waals surface area (Å²) in [6.45, 7) is 0. The summed E-state index contributed by atoms with van der Waals surface area (Å²) >= 11 is 8.65. The highest BCUT2D eigenvalue weighted by molar-refractivity contribution is 9.10. The van der Waals surface area contributed by atoms with Crippen LogP contribution in [0.5, 0.6) is 0 Å². The summed E-state index contributed by atoms with van der Waals surface area (Å²) in [4.78, 5) is 4.08. The van der Waals surface area contributed by atoms with Crippen molar-refractivity contribution < 1.29 is 0 Å². The minimum Gasteiger partial charge on any atom is -0.264 e. The van der Waals surface area contributed by atoms with Gasteiger partial charge in [-0.2, -0.15) is 14.9 Å². The van der Waals surface area contributed by atoms with Gasteiger partial charge >= 0.3 is 0 Å². The van der Waals surface area contributed by atoms with Gasteiger partial charge in [0, 0.05) is 22.4 Å². The highest BCUT2D eigenvalue weighted by Crippen LogP contribution is 2.15. The lowest BCUT2D eigenvalue weighted by Crippen LogP contribution is -1.95. The first-order valence-electron chi connectivity index (χ1n) is 6.12. The highest BCUT2D eigenvalue weighted by atomic mass is 79.9. The molecule has 0 radical (unpaired) electrons. The molecular weight excluding hydrogens is 350 g/mol. The van der Waals surface area contributed by atoms with Crippen molar-refractivity contribution in [3.05, 3.63) is 63.6 Å². The molecule has 5 nitrogen and oxygen atoms in total. The standard InChI is InChI=1S/C14H10BrN5S/c15-12-5-1-3-10(7-12)8-17-20-13(18-19-14(20)21)11-4-2-6-16-9-11/h1-9H,(H,19,21)/b17-8-. The molecular formula is C14H10BrN5S. The number of H-pyrrole nitrogens is 1. The zero-order valence-corrected chi connectivity index (χ0v) is 13.2. The summed E-state index contributed by atoms with van der Waals surface area (Å²) in [5.41, 5.74) is 1.81. The number of rotatable bonds is 3. The van der Waals surface area contributed by atoms with Crippen molar-refractivity contribution in [3.63, 3.8) is 0 Å². The Bertz CT molecular complexity index is 838. The third-order valence-corrected chi connectivity index (χ3v) is 3.50. The van der Waals surface area contributed by atoms with Crippen LogP contribution in [0, 0.1) is 4.77 Å². The lowest BCUT2D eigenvalue weighted by molar-refractivity contribution is 0.871. The number of benzene rings is 1. The molecule has 2 aromatic heterocycles. The normalized spacial score (nSPS) is 11.1. The van der Waals surface area contributed by atoms with E-state index in [4.69, 9.17) is 12.2 Å². The van der Waals surface area contributed by atoms with E-state index in [9.17, 15) is 0 Å². The number of aromatic amines is 1. The molecule has 0 spiro atoms. The Morgan fingerprint density at radius 3 is 2.95 bits per heavy atom. The van der Waals surface area contributed by atoms with Crippen molar-refractivity contribution in [2.75, 3.05) is 0 Å². The van der Waals surface area contributed by atoms with E-state index < -0.39 is 0 Å². The summed E-state index contributed by atoms with van der Waals surface area (Å²) in [5.74, 6) is 0.624. The van der Waals surface area contributed by atoms with Crippen LogP contribution in [0.15, 0.2) is 58.4 Å². The topological polar surface area (TPSA) is 58.9 Å². The van der Waals surface area contributed by atoms with Crippen molar-refractivity contribution in [1.29, 1.82) is 0 Å². The lowest BCUT2D eigenvalue weighted by atomic mass is 10.2. The van der Waals surface area contributed by atoms with Gasteiger partial charge in [-0.3, -0.25) is 4.98 Å². The largest absolute Gasteiger partial charge is 0.264 e. The lowest BCUT2D eigenvalue weighted by Gasteiger charge is -2.00. The van der Waals surface area contributed by atoms with Gasteiger partial charge in [0.1, 0.15) is 0 Å². The maximum Gasteiger partial charge on any atom is 0.216 e. The van der Waals surface area contributed by atoms with Crippen LogP contribution in [-0.2, 0) is 0 Å². The van der Waals surface area contributed by atoms with Gasteiger partial charge in [-0.05, 0) is 42.0 Å². The van der Waals surface area contributed by atoms with Gasteiger partial charge in [0.25, 0.3) is 0 Å². The van der Waals surface area contributed by atoms with Crippen molar-refractivity contribution >= 4 is 34.4 Å². The van der Waals surface area contributed by atoms with E-state index in [1.165, 1.54) is 0 Å². The third-order valence-electron chi connectivity index (χ3n) is 2.74. The summed E-state index contributed by atoms with van der Waals surface area (Å²) in [7, 11) is 0. The van der Waals surface area contributed by atoms with Gasteiger partial charge < -0.3 is 0 Å². The van der Waals surface area contributed by atoms with Gasteiger partial charge in [0.05, 0.1) is 6.21 Å². The van der Waals surface area contributed by atoms with Crippen LogP contribution in [0.2, 0.25) is 0 Å². The van der Waals surface area contributed by atoms with Crippen molar-refractivity contribution in [2.45, 2.75) is 0 Å². The summed E-state index contributed by atoms with van der Waals surface area (Å²) in [6.07, 6.45) is 5.16. The van der Waals surface area contributed by atoms with E-state index in [-0.39, 0.29) is 0 Å². The summed E-state index contributed by atoms with van der Waals surface area (Å²) in [6, 6.07) is 11.6. The molecule has 0 amide bonds. The molecule has 0 saturated heterocycles. The zero-order valence-electron chi connectivity index (χ0n) is 10.8. The molecule has 1 aromatic carbocycles. The number of pyridine rings is 1. The Balaban J connectivity index is 2.00. The average Bonchev–Trinajstić information content (AvgIpc) is 2.87. The fourth-order valence-corrected chi connectivity index (χ4v) is 2.39. The van der Waals surface area contributed by atoms with E-state index in [0.717, 1.165) is 15.6 Å². The molecule has 0 saturated carbocycles. The second-order valence-electron chi connectivity index (χ2n) is 4.21. The van der Waals surface area contributed by atoms with E-state index in [0.29, 0.717) is 10.6 Å². The Morgan fingerprint density at radius 1 is 1.29 bits per heavy atom. The molecule has 0 unspecified atom stereocenters. The Hall–Kier alpha value is -2.12. The first-order chi connectivity index (χ1) is 10.2. The number of hydrogen-bond donors (Lipinski definition) is 1. The second-order valence-corrected chi connectivity index (χ2v) is 5.51. The quantitative estimate of drug-likeness (QED) is 0.573. The van der Waals surface area contributed by atoms with E-state index >= 15 is 0 Å². The molecule has 2 heterocycles. The van der Waals surface area contributed by atoms with E-state index in [1.807, 2.05) is 36.4 Å². The zero-order chi connectivity index (χ0) is 14.7. The van der Waals surface area contributed by atoms with Crippen molar-refractivity contribution in [3.8, 4) is 11.4 Å². The molecule has 0 aliphatic carbocycles. The SMILES string of the molecule is S=c1[nH]nc(-c2cccnc2)n1/N=C\c1cccc(Br)c1. The molecule has 21 heavy (non-hydrogen) atoms. The molecule has 3 rings (SSSR count). The minimum absolute atomic E-state index is 0.431. The number of halogens is 1. The number of aromatic nitrogens is 4. The predicted molar refractivity (Wildman–Crippen MR) is 87.8 cm³/mol. The molecule has 104 valence electrons. The second kappa shape index (κ2) is 6.11. The maximum atomic E-state index is 5.22. The van der Waals surface area contributed by atoms with E-state index in [1.54, 1.807) is 23.3 Å². The molecule has 0 bridgehead atoms. The molecule has 3 aromatic rings. The average molecular weight is 360 g/mol. The molecule has 0 atom stereocenters. The van der Waals surface area contributed by atoms with Crippen molar-refractivity contribution in [2.24, 2.45) is 5.10 Å². The van der Waals surface area contributed by atoms with Gasteiger partial charge in [0.2, 0.25) is 4.77 Å². The Morgan fingerprint density at radius 2 is 2.19 bits per heavy atom. The molecule has 7 heteroatoms. The summed E-state index contributed by atoms with van der Waals surface area (Å²) in [5, 5.41) is 11.3. The fraction of sp³-hybridized carbons (Fsp3) is 0. The number of nitrogens with one attached hydrogen (secondary N) is 1. The predicted octanol–water partition coefficient (Wildman–Crippen LogP) is 3.65. The molecule has 0 aliphatic rings. The highest BCUT2D eigenvalue weighted by Gasteiger charge is 2.07. The van der Waals surface area contributed by atoms with Gasteiger partial charge in [0.15, 0.2) is 5.82 Å². The molecule has 1 N–H and O–H groups in total. The maximum absolute atomic E-state index is 5.22.